The third-order valence-corrected chi connectivity index (χ3v) is 4.36. The average Bonchev–Trinajstić information content (AvgIpc) is 2.60. The molecule has 2 aromatic carbocycles. The van der Waals surface area contributed by atoms with Crippen LogP contribution in [0.4, 0.5) is 11.4 Å². The Morgan fingerprint density at radius 2 is 1.85 bits per heavy atom. The number of hydrogen-bond donors (Lipinski definition) is 1. The van der Waals surface area contributed by atoms with Gasteiger partial charge in [0.25, 0.3) is 0 Å². The number of carbonyl (C=O) groups is 2. The van der Waals surface area contributed by atoms with Gasteiger partial charge in [-0.2, -0.15) is 0 Å². The summed E-state index contributed by atoms with van der Waals surface area (Å²) in [5, 5.41) is 3.57. The third-order valence-electron chi connectivity index (χ3n) is 3.62. The van der Waals surface area contributed by atoms with Crippen LogP contribution in [0.1, 0.15) is 20.3 Å². The van der Waals surface area contributed by atoms with Crippen LogP contribution in [0.3, 0.4) is 0 Å². The van der Waals surface area contributed by atoms with Crippen LogP contribution in [-0.4, -0.2) is 25.0 Å². The van der Waals surface area contributed by atoms with Crippen molar-refractivity contribution in [1.82, 2.24) is 0 Å². The van der Waals surface area contributed by atoms with Crippen molar-refractivity contribution in [3.8, 4) is 5.75 Å². The molecule has 0 bridgehead atoms. The Hall–Kier alpha value is -2.24. The summed E-state index contributed by atoms with van der Waals surface area (Å²) >= 11 is 11.9. The molecule has 2 amide bonds. The molecule has 2 rings (SSSR count). The van der Waals surface area contributed by atoms with Crippen LogP contribution >= 0.6 is 23.2 Å². The van der Waals surface area contributed by atoms with Gasteiger partial charge in [0, 0.05) is 25.6 Å². The zero-order chi connectivity index (χ0) is 19.1. The van der Waals surface area contributed by atoms with E-state index in [9.17, 15) is 9.59 Å². The minimum absolute atomic E-state index is 0.125. The Balaban J connectivity index is 2.04. The number of para-hydroxylation sites is 2. The Kier molecular flexibility index (Phi) is 7.30. The van der Waals surface area contributed by atoms with Crippen molar-refractivity contribution >= 4 is 46.4 Å². The van der Waals surface area contributed by atoms with Crippen LogP contribution in [0.5, 0.6) is 5.75 Å². The summed E-state index contributed by atoms with van der Waals surface area (Å²) in [4.78, 5) is 25.7. The number of ether oxygens (including phenoxy) is 1. The molecule has 1 N–H and O–H groups in total. The van der Waals surface area contributed by atoms with Crippen molar-refractivity contribution in [2.75, 3.05) is 23.4 Å². The second-order valence-electron chi connectivity index (χ2n) is 5.50. The number of halogens is 2. The molecule has 0 unspecified atom stereocenters. The molecule has 0 atom stereocenters. The van der Waals surface area contributed by atoms with E-state index in [0.29, 0.717) is 33.8 Å². The number of hydrogen-bond acceptors (Lipinski definition) is 3. The van der Waals surface area contributed by atoms with Gasteiger partial charge < -0.3 is 15.0 Å². The molecule has 138 valence electrons. The normalized spacial score (nSPS) is 10.3. The molecule has 7 heteroatoms. The quantitative estimate of drug-likeness (QED) is 0.735. The second kappa shape index (κ2) is 9.46. The number of anilines is 2. The molecule has 0 saturated carbocycles. The second-order valence-corrected chi connectivity index (χ2v) is 6.31. The fraction of sp³-hybridized carbons (Fsp3) is 0.263. The topological polar surface area (TPSA) is 58.6 Å². The molecule has 5 nitrogen and oxygen atoms in total. The lowest BCUT2D eigenvalue weighted by Crippen LogP contribution is -2.32. The molecule has 0 aromatic heterocycles. The average molecular weight is 395 g/mol. The molecule has 0 aliphatic rings. The first-order chi connectivity index (χ1) is 12.4. The first-order valence-corrected chi connectivity index (χ1v) is 8.92. The van der Waals surface area contributed by atoms with Crippen LogP contribution in [0, 0.1) is 0 Å². The fourth-order valence-electron chi connectivity index (χ4n) is 2.40. The van der Waals surface area contributed by atoms with Crippen molar-refractivity contribution in [2.24, 2.45) is 0 Å². The Morgan fingerprint density at radius 3 is 2.50 bits per heavy atom. The molecule has 0 fully saturated rings. The zero-order valence-corrected chi connectivity index (χ0v) is 16.1. The fourth-order valence-corrected chi connectivity index (χ4v) is 2.69. The molecule has 0 saturated heterocycles. The van der Waals surface area contributed by atoms with Crippen LogP contribution < -0.4 is 15.0 Å². The van der Waals surface area contributed by atoms with Crippen molar-refractivity contribution in [3.05, 3.63) is 52.5 Å². The largest absolute Gasteiger partial charge is 0.492 e. The number of nitrogens with one attached hydrogen (secondary N) is 1. The molecule has 0 spiro atoms. The van der Waals surface area contributed by atoms with Crippen LogP contribution in [0.25, 0.3) is 0 Å². The molecular weight excluding hydrogens is 375 g/mol. The summed E-state index contributed by atoms with van der Waals surface area (Å²) in [5.74, 6) is 0.200. The van der Waals surface area contributed by atoms with Gasteiger partial charge in [-0.3, -0.25) is 9.59 Å². The van der Waals surface area contributed by atoms with E-state index in [1.165, 1.54) is 11.8 Å². The van der Waals surface area contributed by atoms with E-state index in [2.05, 4.69) is 5.32 Å². The minimum atomic E-state index is -0.219. The molecule has 0 aliphatic heterocycles. The van der Waals surface area contributed by atoms with Crippen LogP contribution in [0.15, 0.2) is 42.5 Å². The standard InChI is InChI=1S/C19H20Cl2N2O3/c1-3-26-18-7-5-4-6-17(18)22-19(25)10-11-23(13(2)24)14-8-9-15(20)16(21)12-14/h4-9,12H,3,10-11H2,1-2H3,(H,22,25). The Bertz CT molecular complexity index is 796. The van der Waals surface area contributed by atoms with Gasteiger partial charge in [-0.25, -0.2) is 0 Å². The third kappa shape index (κ3) is 5.38. The molecule has 0 heterocycles. The first kappa shape index (κ1) is 20.1. The Labute approximate surface area is 162 Å². The van der Waals surface area contributed by atoms with E-state index in [0.717, 1.165) is 0 Å². The van der Waals surface area contributed by atoms with Gasteiger partial charge in [-0.05, 0) is 37.3 Å². The number of nitrogens with zero attached hydrogens (tertiary/aromatic N) is 1. The summed E-state index contributed by atoms with van der Waals surface area (Å²) in [5.41, 5.74) is 1.19. The highest BCUT2D eigenvalue weighted by molar-refractivity contribution is 6.42. The van der Waals surface area contributed by atoms with E-state index in [1.54, 1.807) is 30.3 Å². The van der Waals surface area contributed by atoms with Gasteiger partial charge in [0.05, 0.1) is 22.3 Å². The highest BCUT2D eigenvalue weighted by Crippen LogP contribution is 2.28. The summed E-state index contributed by atoms with van der Waals surface area (Å²) in [6, 6.07) is 12.1. The number of carbonyl (C=O) groups excluding carboxylic acids is 2. The SMILES string of the molecule is CCOc1ccccc1NC(=O)CCN(C(C)=O)c1ccc(Cl)c(Cl)c1. The van der Waals surface area contributed by atoms with Crippen molar-refractivity contribution < 1.29 is 14.3 Å². The van der Waals surface area contributed by atoms with Gasteiger partial charge >= 0.3 is 0 Å². The Morgan fingerprint density at radius 1 is 1.12 bits per heavy atom. The van der Waals surface area contributed by atoms with E-state index in [-0.39, 0.29) is 24.8 Å². The van der Waals surface area contributed by atoms with Crippen molar-refractivity contribution in [3.63, 3.8) is 0 Å². The maximum absolute atomic E-state index is 12.3. The van der Waals surface area contributed by atoms with E-state index in [1.807, 2.05) is 19.1 Å². The van der Waals surface area contributed by atoms with Crippen molar-refractivity contribution in [2.45, 2.75) is 20.3 Å². The number of benzene rings is 2. The van der Waals surface area contributed by atoms with Gasteiger partial charge in [0.2, 0.25) is 11.8 Å². The first-order valence-electron chi connectivity index (χ1n) is 8.17. The maximum atomic E-state index is 12.3. The number of amides is 2. The summed E-state index contributed by atoms with van der Waals surface area (Å²) in [7, 11) is 0. The predicted octanol–water partition coefficient (Wildman–Crippen LogP) is 4.77. The molecular formula is C19H20Cl2N2O3. The van der Waals surface area contributed by atoms with Crippen molar-refractivity contribution in [1.29, 1.82) is 0 Å². The molecule has 2 aromatic rings. The monoisotopic (exact) mass is 394 g/mol. The van der Waals surface area contributed by atoms with E-state index < -0.39 is 0 Å². The minimum Gasteiger partial charge on any atom is -0.492 e. The molecule has 26 heavy (non-hydrogen) atoms. The predicted molar refractivity (Wildman–Crippen MR) is 105 cm³/mol. The van der Waals surface area contributed by atoms with Crippen LogP contribution in [-0.2, 0) is 9.59 Å². The summed E-state index contributed by atoms with van der Waals surface area (Å²) < 4.78 is 5.49. The van der Waals surface area contributed by atoms with Crippen LogP contribution in [0.2, 0.25) is 10.0 Å². The lowest BCUT2D eigenvalue weighted by atomic mass is 10.2. The van der Waals surface area contributed by atoms with Gasteiger partial charge in [-0.1, -0.05) is 35.3 Å². The van der Waals surface area contributed by atoms with Gasteiger partial charge in [0.15, 0.2) is 0 Å². The molecule has 0 aliphatic carbocycles. The van der Waals surface area contributed by atoms with Gasteiger partial charge in [-0.15, -0.1) is 0 Å². The smallest absolute Gasteiger partial charge is 0.226 e. The lowest BCUT2D eigenvalue weighted by Gasteiger charge is -2.21. The molecule has 0 radical (unpaired) electrons. The highest BCUT2D eigenvalue weighted by atomic mass is 35.5. The highest BCUT2D eigenvalue weighted by Gasteiger charge is 2.15. The zero-order valence-electron chi connectivity index (χ0n) is 14.6. The number of rotatable bonds is 7. The van der Waals surface area contributed by atoms with Gasteiger partial charge in [0.1, 0.15) is 5.75 Å². The summed E-state index contributed by atoms with van der Waals surface area (Å²) in [6.07, 6.45) is 0.125. The maximum Gasteiger partial charge on any atom is 0.226 e. The lowest BCUT2D eigenvalue weighted by molar-refractivity contribution is -0.117. The van der Waals surface area contributed by atoms with E-state index >= 15 is 0 Å². The van der Waals surface area contributed by atoms with E-state index in [4.69, 9.17) is 27.9 Å². The summed E-state index contributed by atoms with van der Waals surface area (Å²) in [6.45, 7) is 4.03.